The van der Waals surface area contributed by atoms with Crippen LogP contribution in [0.2, 0.25) is 5.02 Å². The van der Waals surface area contributed by atoms with E-state index in [9.17, 15) is 18.0 Å². The minimum absolute atomic E-state index is 0.00575. The van der Waals surface area contributed by atoms with Gasteiger partial charge < -0.3 is 15.0 Å². The van der Waals surface area contributed by atoms with Crippen LogP contribution in [0.3, 0.4) is 0 Å². The number of ether oxygens (including phenoxy) is 1. The Kier molecular flexibility index (Phi) is 6.48. The Hall–Kier alpha value is -2.52. The molecule has 32 heavy (non-hydrogen) atoms. The number of pyridine rings is 1. The number of carbonyl (C=O) groups is 1. The highest BCUT2D eigenvalue weighted by molar-refractivity contribution is 6.33. The maximum atomic E-state index is 12.9. The first kappa shape index (κ1) is 22.7. The monoisotopic (exact) mass is 468 g/mol. The Morgan fingerprint density at radius 1 is 1.25 bits per heavy atom. The maximum Gasteiger partial charge on any atom is 0.417 e. The number of rotatable bonds is 4. The number of piperazine rings is 1. The molecule has 0 unspecified atom stereocenters. The molecule has 0 spiro atoms. The third kappa shape index (κ3) is 4.63. The molecule has 172 valence electrons. The van der Waals surface area contributed by atoms with Gasteiger partial charge in [-0.3, -0.25) is 4.90 Å². The minimum Gasteiger partial charge on any atom is -0.450 e. The summed E-state index contributed by atoms with van der Waals surface area (Å²) in [7, 11) is 0. The quantitative estimate of drug-likeness (QED) is 0.725. The smallest absolute Gasteiger partial charge is 0.417 e. The van der Waals surface area contributed by atoms with E-state index in [-0.39, 0.29) is 17.1 Å². The van der Waals surface area contributed by atoms with Crippen molar-refractivity contribution in [1.29, 1.82) is 0 Å². The third-order valence-electron chi connectivity index (χ3n) is 5.93. The summed E-state index contributed by atoms with van der Waals surface area (Å²) in [6.07, 6.45) is -3.38. The van der Waals surface area contributed by atoms with Crippen LogP contribution in [0.25, 0.3) is 0 Å². The van der Waals surface area contributed by atoms with Crippen LogP contribution in [-0.2, 0) is 17.3 Å². The molecule has 0 saturated carbocycles. The molecule has 2 aliphatic rings. The third-order valence-corrected chi connectivity index (χ3v) is 6.21. The maximum absolute atomic E-state index is 12.9. The number of nitrogens with one attached hydrogen (secondary N) is 1. The average molecular weight is 469 g/mol. The lowest BCUT2D eigenvalue weighted by molar-refractivity contribution is -0.137. The zero-order valence-corrected chi connectivity index (χ0v) is 18.3. The van der Waals surface area contributed by atoms with E-state index in [1.807, 2.05) is 17.0 Å². The van der Waals surface area contributed by atoms with Crippen LogP contribution in [0.15, 0.2) is 36.5 Å². The Bertz CT molecular complexity index is 980. The molecule has 1 aromatic heterocycles. The fourth-order valence-electron chi connectivity index (χ4n) is 4.51. The van der Waals surface area contributed by atoms with E-state index in [4.69, 9.17) is 16.3 Å². The van der Waals surface area contributed by atoms with E-state index >= 15 is 0 Å². The van der Waals surface area contributed by atoms with Gasteiger partial charge in [0.15, 0.2) is 0 Å². The number of amides is 1. The van der Waals surface area contributed by atoms with Crippen LogP contribution >= 0.6 is 11.6 Å². The fraction of sp³-hybridized carbons (Fsp3) is 0.455. The van der Waals surface area contributed by atoms with Gasteiger partial charge in [-0.25, -0.2) is 9.78 Å². The van der Waals surface area contributed by atoms with E-state index in [2.05, 4.69) is 27.3 Å². The molecule has 1 aromatic carbocycles. The summed E-state index contributed by atoms with van der Waals surface area (Å²) in [5, 5.41) is 2.98. The molecule has 2 aromatic rings. The first-order chi connectivity index (χ1) is 15.3. The first-order valence-electron chi connectivity index (χ1n) is 10.5. The zero-order valence-electron chi connectivity index (χ0n) is 17.5. The number of anilines is 1. The van der Waals surface area contributed by atoms with E-state index in [1.165, 1.54) is 11.1 Å². The molecule has 1 fully saturated rings. The van der Waals surface area contributed by atoms with Gasteiger partial charge >= 0.3 is 12.3 Å². The van der Waals surface area contributed by atoms with Crippen LogP contribution in [-0.4, -0.2) is 54.8 Å². The van der Waals surface area contributed by atoms with Gasteiger partial charge in [0.05, 0.1) is 29.3 Å². The molecular weight excluding hydrogens is 445 g/mol. The number of carbonyl (C=O) groups excluding carboxylic acids is 1. The second kappa shape index (κ2) is 9.15. The fourth-order valence-corrected chi connectivity index (χ4v) is 4.80. The molecule has 1 aliphatic heterocycles. The van der Waals surface area contributed by atoms with Gasteiger partial charge in [-0.2, -0.15) is 13.2 Å². The molecular formula is C22H24ClF3N4O2. The number of alkyl halides is 3. The second-order valence-electron chi connectivity index (χ2n) is 7.87. The molecule has 2 heterocycles. The molecule has 0 bridgehead atoms. The second-order valence-corrected chi connectivity index (χ2v) is 8.28. The number of halogens is 4. The Labute approximate surface area is 189 Å². The zero-order chi connectivity index (χ0) is 22.9. The van der Waals surface area contributed by atoms with Crippen molar-refractivity contribution in [2.45, 2.75) is 31.6 Å². The van der Waals surface area contributed by atoms with Gasteiger partial charge in [0, 0.05) is 32.4 Å². The largest absolute Gasteiger partial charge is 0.450 e. The van der Waals surface area contributed by atoms with E-state index in [0.717, 1.165) is 12.3 Å². The van der Waals surface area contributed by atoms with E-state index in [0.29, 0.717) is 45.0 Å². The van der Waals surface area contributed by atoms with Crippen molar-refractivity contribution in [3.8, 4) is 0 Å². The van der Waals surface area contributed by atoms with Gasteiger partial charge in [-0.05, 0) is 30.5 Å². The highest BCUT2D eigenvalue weighted by Crippen LogP contribution is 2.38. The van der Waals surface area contributed by atoms with Crippen molar-refractivity contribution in [2.75, 3.05) is 37.7 Å². The number of aromatic nitrogens is 1. The number of hydrogen-bond donors (Lipinski definition) is 1. The summed E-state index contributed by atoms with van der Waals surface area (Å²) < 4.78 is 43.8. The SMILES string of the molecule is CCOC(=O)N[C@@H]1Cc2ccccc2[C@@H]1N1CCN(c2ncc(C(F)(F)F)cc2Cl)CC1. The lowest BCUT2D eigenvalue weighted by Crippen LogP contribution is -2.52. The highest BCUT2D eigenvalue weighted by Gasteiger charge is 2.39. The van der Waals surface area contributed by atoms with E-state index in [1.54, 1.807) is 6.92 Å². The number of nitrogens with zero attached hydrogens (tertiary/aromatic N) is 3. The molecule has 10 heteroatoms. The molecule has 1 saturated heterocycles. The van der Waals surface area contributed by atoms with Crippen LogP contribution in [0.5, 0.6) is 0 Å². The Morgan fingerprint density at radius 2 is 1.97 bits per heavy atom. The average Bonchev–Trinajstić information content (AvgIpc) is 3.11. The summed E-state index contributed by atoms with van der Waals surface area (Å²) in [5.74, 6) is 0.354. The molecule has 0 radical (unpaired) electrons. The predicted octanol–water partition coefficient (Wildman–Crippen LogP) is 4.29. The minimum atomic E-state index is -4.48. The normalized spacial score (nSPS) is 21.3. The highest BCUT2D eigenvalue weighted by atomic mass is 35.5. The Balaban J connectivity index is 1.48. The van der Waals surface area contributed by atoms with Gasteiger partial charge in [0.2, 0.25) is 0 Å². The van der Waals surface area contributed by atoms with Crippen molar-refractivity contribution in [2.24, 2.45) is 0 Å². The van der Waals surface area contributed by atoms with E-state index < -0.39 is 17.8 Å². The predicted molar refractivity (Wildman–Crippen MR) is 115 cm³/mol. The molecule has 1 aliphatic carbocycles. The number of fused-ring (bicyclic) bond motifs is 1. The van der Waals surface area contributed by atoms with Crippen molar-refractivity contribution < 1.29 is 22.7 Å². The van der Waals surface area contributed by atoms with Crippen LogP contribution in [0, 0.1) is 0 Å². The summed E-state index contributed by atoms with van der Waals surface area (Å²) in [6, 6.07) is 8.91. The van der Waals surface area contributed by atoms with Crippen LogP contribution in [0.1, 0.15) is 29.7 Å². The topological polar surface area (TPSA) is 57.7 Å². The first-order valence-corrected chi connectivity index (χ1v) is 10.9. The molecule has 6 nitrogen and oxygen atoms in total. The molecule has 2 atom stereocenters. The Morgan fingerprint density at radius 3 is 2.62 bits per heavy atom. The number of alkyl carbamates (subject to hydrolysis) is 1. The molecule has 4 rings (SSSR count). The van der Waals surface area contributed by atoms with Crippen LogP contribution in [0.4, 0.5) is 23.8 Å². The number of benzene rings is 1. The van der Waals surface area contributed by atoms with Gasteiger partial charge in [-0.1, -0.05) is 35.9 Å². The lowest BCUT2D eigenvalue weighted by Gasteiger charge is -2.41. The lowest BCUT2D eigenvalue weighted by atomic mass is 10.0. The van der Waals surface area contributed by atoms with Gasteiger partial charge in [0.1, 0.15) is 5.82 Å². The van der Waals surface area contributed by atoms with Gasteiger partial charge in [0.25, 0.3) is 0 Å². The number of hydrogen-bond acceptors (Lipinski definition) is 5. The van der Waals surface area contributed by atoms with Crippen molar-refractivity contribution >= 4 is 23.5 Å². The summed E-state index contributed by atoms with van der Waals surface area (Å²) in [5.41, 5.74) is 1.50. The van der Waals surface area contributed by atoms with Crippen molar-refractivity contribution in [1.82, 2.24) is 15.2 Å². The van der Waals surface area contributed by atoms with Crippen molar-refractivity contribution in [3.05, 3.63) is 58.2 Å². The van der Waals surface area contributed by atoms with Crippen LogP contribution < -0.4 is 10.2 Å². The summed E-state index contributed by atoms with van der Waals surface area (Å²) >= 11 is 6.13. The van der Waals surface area contributed by atoms with Gasteiger partial charge in [-0.15, -0.1) is 0 Å². The standard InChI is InChI=1S/C22H24ClF3N4O2/c1-2-32-21(31)28-18-11-14-5-3-4-6-16(14)19(18)29-7-9-30(10-8-29)20-17(23)12-15(13-27-20)22(24,25)26/h3-6,12-13,18-19H,2,7-11H2,1H3,(H,28,31)/t18-,19+/m1/s1. The molecule has 1 amide bonds. The molecule has 1 N–H and O–H groups in total. The van der Waals surface area contributed by atoms with Crippen molar-refractivity contribution in [3.63, 3.8) is 0 Å². The summed E-state index contributed by atoms with van der Waals surface area (Å²) in [4.78, 5) is 20.3. The summed E-state index contributed by atoms with van der Waals surface area (Å²) in [6.45, 7) is 4.49.